The first-order chi connectivity index (χ1) is 6.68. The zero-order valence-electron chi connectivity index (χ0n) is 8.11. The zero-order valence-corrected chi connectivity index (χ0v) is 8.11. The molecule has 0 atom stereocenters. The topological polar surface area (TPSA) is 69.4 Å². The summed E-state index contributed by atoms with van der Waals surface area (Å²) in [6, 6.07) is 0. The number of carbonyl (C=O) groups excluding carboxylic acids is 1. The van der Waals surface area contributed by atoms with Gasteiger partial charge in [-0.1, -0.05) is 19.3 Å². The van der Waals surface area contributed by atoms with Crippen LogP contribution in [0.25, 0.3) is 0 Å². The summed E-state index contributed by atoms with van der Waals surface area (Å²) in [6.45, 7) is -0.703. The molecule has 0 heterocycles. The Morgan fingerprint density at radius 2 is 2.00 bits per heavy atom. The smallest absolute Gasteiger partial charge is 0.346 e. The molecule has 14 heavy (non-hydrogen) atoms. The van der Waals surface area contributed by atoms with Crippen LogP contribution in [0.5, 0.6) is 0 Å². The maximum absolute atomic E-state index is 11.1. The van der Waals surface area contributed by atoms with Gasteiger partial charge in [-0.15, -0.1) is 0 Å². The van der Waals surface area contributed by atoms with E-state index in [4.69, 9.17) is 0 Å². The SMILES string of the molecule is O=C(CC1CCCCC1)OC[N+](=O)[O-]. The number of hydrogen-bond acceptors (Lipinski definition) is 4. The standard InChI is InChI=1S/C9H15NO4/c11-9(14-7-10(12)13)6-8-4-2-1-3-5-8/h8H,1-7H2. The van der Waals surface area contributed by atoms with E-state index in [1.807, 2.05) is 0 Å². The summed E-state index contributed by atoms with van der Waals surface area (Å²) in [7, 11) is 0. The highest BCUT2D eigenvalue weighted by Crippen LogP contribution is 2.26. The number of esters is 1. The quantitative estimate of drug-likeness (QED) is 0.300. The Bertz CT molecular complexity index is 211. The summed E-state index contributed by atoms with van der Waals surface area (Å²) < 4.78 is 4.47. The van der Waals surface area contributed by atoms with Gasteiger partial charge >= 0.3 is 12.7 Å². The van der Waals surface area contributed by atoms with Crippen LogP contribution in [0, 0.1) is 16.0 Å². The molecule has 0 aromatic heterocycles. The van der Waals surface area contributed by atoms with Crippen LogP contribution in [0.4, 0.5) is 0 Å². The van der Waals surface area contributed by atoms with Gasteiger partial charge in [0.05, 0.1) is 4.92 Å². The highest BCUT2D eigenvalue weighted by Gasteiger charge is 2.18. The van der Waals surface area contributed by atoms with Gasteiger partial charge in [0.25, 0.3) is 0 Å². The lowest BCUT2D eigenvalue weighted by Gasteiger charge is -2.19. The van der Waals surface area contributed by atoms with E-state index in [-0.39, 0.29) is 0 Å². The highest BCUT2D eigenvalue weighted by atomic mass is 16.7. The Morgan fingerprint density at radius 3 is 2.57 bits per heavy atom. The molecule has 1 fully saturated rings. The van der Waals surface area contributed by atoms with Crippen LogP contribution in [0.15, 0.2) is 0 Å². The maximum Gasteiger partial charge on any atom is 0.346 e. The first kappa shape index (κ1) is 10.9. The Kier molecular flexibility index (Phi) is 4.35. The molecule has 0 aromatic carbocycles. The van der Waals surface area contributed by atoms with Crippen LogP contribution >= 0.6 is 0 Å². The molecule has 5 nitrogen and oxygen atoms in total. The van der Waals surface area contributed by atoms with Crippen molar-refractivity contribution in [3.63, 3.8) is 0 Å². The van der Waals surface area contributed by atoms with E-state index in [1.165, 1.54) is 6.42 Å². The summed E-state index contributed by atoms with van der Waals surface area (Å²) >= 11 is 0. The highest BCUT2D eigenvalue weighted by molar-refractivity contribution is 5.69. The lowest BCUT2D eigenvalue weighted by molar-refractivity contribution is -0.519. The van der Waals surface area contributed by atoms with Gasteiger partial charge in [-0.3, -0.25) is 14.9 Å². The van der Waals surface area contributed by atoms with E-state index in [0.717, 1.165) is 25.7 Å². The van der Waals surface area contributed by atoms with E-state index in [1.54, 1.807) is 0 Å². The van der Waals surface area contributed by atoms with Crippen molar-refractivity contribution in [3.05, 3.63) is 10.1 Å². The molecule has 1 aliphatic carbocycles. The average Bonchev–Trinajstić information content (AvgIpc) is 2.16. The van der Waals surface area contributed by atoms with Crippen molar-refractivity contribution in [3.8, 4) is 0 Å². The average molecular weight is 201 g/mol. The fraction of sp³-hybridized carbons (Fsp3) is 0.889. The fourth-order valence-corrected chi connectivity index (χ4v) is 1.81. The molecule has 5 heteroatoms. The van der Waals surface area contributed by atoms with E-state index in [0.29, 0.717) is 12.3 Å². The molecule has 80 valence electrons. The van der Waals surface area contributed by atoms with Crippen LogP contribution in [-0.4, -0.2) is 17.6 Å². The van der Waals surface area contributed by atoms with E-state index in [2.05, 4.69) is 4.74 Å². The third-order valence-corrected chi connectivity index (χ3v) is 2.51. The van der Waals surface area contributed by atoms with Gasteiger partial charge in [0.15, 0.2) is 0 Å². The maximum atomic E-state index is 11.1. The number of rotatable bonds is 4. The van der Waals surface area contributed by atoms with Crippen LogP contribution < -0.4 is 0 Å². The molecule has 0 saturated heterocycles. The van der Waals surface area contributed by atoms with Gasteiger partial charge in [0.1, 0.15) is 0 Å². The molecule has 0 aromatic rings. The molecule has 1 saturated carbocycles. The molecule has 1 rings (SSSR count). The van der Waals surface area contributed by atoms with Crippen LogP contribution in [0.3, 0.4) is 0 Å². The third kappa shape index (κ3) is 4.20. The zero-order chi connectivity index (χ0) is 10.4. The molecular formula is C9H15NO4. The first-order valence-electron chi connectivity index (χ1n) is 4.96. The van der Waals surface area contributed by atoms with Gasteiger partial charge in [-0.05, 0) is 18.8 Å². The van der Waals surface area contributed by atoms with Crippen molar-refractivity contribution in [2.24, 2.45) is 5.92 Å². The summed E-state index contributed by atoms with van der Waals surface area (Å²) in [6.07, 6.45) is 6.00. The number of nitro groups is 1. The first-order valence-corrected chi connectivity index (χ1v) is 4.96. The van der Waals surface area contributed by atoms with E-state index < -0.39 is 17.6 Å². The van der Waals surface area contributed by atoms with Gasteiger partial charge in [-0.25, -0.2) is 0 Å². The van der Waals surface area contributed by atoms with Crippen LogP contribution in [0.1, 0.15) is 38.5 Å². The number of carbonyl (C=O) groups is 1. The molecule has 0 unspecified atom stereocenters. The molecule has 0 amide bonds. The lowest BCUT2D eigenvalue weighted by Crippen LogP contribution is -2.17. The lowest BCUT2D eigenvalue weighted by atomic mass is 9.87. The van der Waals surface area contributed by atoms with Crippen molar-refractivity contribution >= 4 is 5.97 Å². The normalized spacial score (nSPS) is 17.7. The second-order valence-electron chi connectivity index (χ2n) is 3.69. The fourth-order valence-electron chi connectivity index (χ4n) is 1.81. The summed E-state index contributed by atoms with van der Waals surface area (Å²) in [5.74, 6) is -0.0587. The largest absolute Gasteiger partial charge is 0.400 e. The second kappa shape index (κ2) is 5.57. The van der Waals surface area contributed by atoms with Gasteiger partial charge in [0.2, 0.25) is 0 Å². The monoisotopic (exact) mass is 201 g/mol. The second-order valence-corrected chi connectivity index (χ2v) is 3.69. The number of ether oxygens (including phenoxy) is 1. The minimum Gasteiger partial charge on any atom is -0.400 e. The van der Waals surface area contributed by atoms with Gasteiger partial charge in [-0.2, -0.15) is 0 Å². The minimum absolute atomic E-state index is 0.341. The van der Waals surface area contributed by atoms with E-state index in [9.17, 15) is 14.9 Å². The number of nitrogens with zero attached hydrogens (tertiary/aromatic N) is 1. The van der Waals surface area contributed by atoms with Crippen LogP contribution in [0.2, 0.25) is 0 Å². The van der Waals surface area contributed by atoms with E-state index >= 15 is 0 Å². The predicted molar refractivity (Wildman–Crippen MR) is 49.1 cm³/mol. The van der Waals surface area contributed by atoms with Crippen molar-refractivity contribution < 1.29 is 14.5 Å². The molecule has 0 bridgehead atoms. The van der Waals surface area contributed by atoms with Crippen molar-refractivity contribution in [1.82, 2.24) is 0 Å². The molecule has 0 spiro atoms. The molecular weight excluding hydrogens is 186 g/mol. The Hall–Kier alpha value is -1.13. The summed E-state index contributed by atoms with van der Waals surface area (Å²) in [5, 5.41) is 9.92. The summed E-state index contributed by atoms with van der Waals surface area (Å²) in [5.41, 5.74) is 0. The van der Waals surface area contributed by atoms with Crippen molar-refractivity contribution in [1.29, 1.82) is 0 Å². The summed E-state index contributed by atoms with van der Waals surface area (Å²) in [4.78, 5) is 20.4. The van der Waals surface area contributed by atoms with Gasteiger partial charge in [0, 0.05) is 6.42 Å². The molecule has 1 aliphatic rings. The van der Waals surface area contributed by atoms with Crippen molar-refractivity contribution in [2.45, 2.75) is 38.5 Å². The molecule has 0 radical (unpaired) electrons. The third-order valence-electron chi connectivity index (χ3n) is 2.51. The Morgan fingerprint density at radius 1 is 1.36 bits per heavy atom. The molecule has 0 aliphatic heterocycles. The van der Waals surface area contributed by atoms with Gasteiger partial charge < -0.3 is 4.74 Å². The van der Waals surface area contributed by atoms with Crippen LogP contribution in [-0.2, 0) is 9.53 Å². The Labute approximate surface area is 82.6 Å². The minimum atomic E-state index is -0.703. The Balaban J connectivity index is 2.15. The number of hydrogen-bond donors (Lipinski definition) is 0. The predicted octanol–water partition coefficient (Wildman–Crippen LogP) is 1.73. The van der Waals surface area contributed by atoms with Crippen molar-refractivity contribution in [2.75, 3.05) is 6.73 Å². The molecule has 0 N–H and O–H groups in total.